The number of ether oxygens (including phenoxy) is 1. The lowest BCUT2D eigenvalue weighted by atomic mass is 10.0. The van der Waals surface area contributed by atoms with Gasteiger partial charge >= 0.3 is 5.97 Å². The first kappa shape index (κ1) is 13.4. The van der Waals surface area contributed by atoms with Crippen LogP contribution in [0.5, 0.6) is 5.75 Å². The summed E-state index contributed by atoms with van der Waals surface area (Å²) in [4.78, 5) is 23.0. The Labute approximate surface area is 110 Å². The Kier molecular flexibility index (Phi) is 3.71. The fourth-order valence-corrected chi connectivity index (χ4v) is 1.99. The first-order chi connectivity index (χ1) is 8.99. The Morgan fingerprint density at radius 1 is 1.37 bits per heavy atom. The van der Waals surface area contributed by atoms with Crippen LogP contribution in [0.15, 0.2) is 18.2 Å². The van der Waals surface area contributed by atoms with Gasteiger partial charge in [0.25, 0.3) is 5.91 Å². The molecule has 19 heavy (non-hydrogen) atoms. The highest BCUT2D eigenvalue weighted by atomic mass is 16.5. The van der Waals surface area contributed by atoms with Crippen molar-refractivity contribution in [3.8, 4) is 5.75 Å². The second-order valence-corrected chi connectivity index (χ2v) is 4.56. The van der Waals surface area contributed by atoms with Crippen molar-refractivity contribution in [3.63, 3.8) is 0 Å². The first-order valence-corrected chi connectivity index (χ1v) is 5.90. The van der Waals surface area contributed by atoms with E-state index in [9.17, 15) is 14.7 Å². The number of nitrogens with one attached hydrogen (secondary N) is 1. The van der Waals surface area contributed by atoms with Gasteiger partial charge < -0.3 is 20.3 Å². The molecule has 1 aromatic carbocycles. The smallest absolute Gasteiger partial charge is 0.311 e. The molecule has 0 spiro atoms. The molecule has 1 aliphatic rings. The molecule has 102 valence electrons. The van der Waals surface area contributed by atoms with E-state index in [1.54, 1.807) is 13.0 Å². The summed E-state index contributed by atoms with van der Waals surface area (Å²) >= 11 is 0. The van der Waals surface area contributed by atoms with Crippen molar-refractivity contribution in [2.24, 2.45) is 5.92 Å². The van der Waals surface area contributed by atoms with E-state index in [4.69, 9.17) is 9.84 Å². The van der Waals surface area contributed by atoms with Crippen molar-refractivity contribution in [2.75, 3.05) is 13.2 Å². The predicted octanol–water partition coefficient (Wildman–Crippen LogP) is 0.530. The van der Waals surface area contributed by atoms with Crippen LogP contribution in [0.1, 0.15) is 15.9 Å². The topological polar surface area (TPSA) is 95.9 Å². The van der Waals surface area contributed by atoms with Crippen LogP contribution in [0.3, 0.4) is 0 Å². The highest BCUT2D eigenvalue weighted by molar-refractivity contribution is 5.95. The van der Waals surface area contributed by atoms with Crippen LogP contribution in [0, 0.1) is 12.8 Å². The quantitative estimate of drug-likeness (QED) is 0.741. The summed E-state index contributed by atoms with van der Waals surface area (Å²) in [6.07, 6.45) is 0. The Balaban J connectivity index is 2.08. The van der Waals surface area contributed by atoms with Crippen LogP contribution in [0.2, 0.25) is 0 Å². The van der Waals surface area contributed by atoms with Crippen LogP contribution >= 0.6 is 0 Å². The Morgan fingerprint density at radius 3 is 2.74 bits per heavy atom. The summed E-state index contributed by atoms with van der Waals surface area (Å²) in [5, 5.41) is 21.0. The number of carbonyl (C=O) groups is 2. The summed E-state index contributed by atoms with van der Waals surface area (Å²) in [7, 11) is 0. The molecular weight excluding hydrogens is 250 g/mol. The van der Waals surface area contributed by atoms with Gasteiger partial charge in [-0.3, -0.25) is 9.59 Å². The van der Waals surface area contributed by atoms with E-state index in [2.05, 4.69) is 5.32 Å². The molecule has 3 N–H and O–H groups in total. The summed E-state index contributed by atoms with van der Waals surface area (Å²) in [5.41, 5.74) is 0.969. The van der Waals surface area contributed by atoms with E-state index in [-0.39, 0.29) is 24.9 Å². The molecule has 0 radical (unpaired) electrons. The number of hydrogen-bond donors (Lipinski definition) is 3. The van der Waals surface area contributed by atoms with Crippen molar-refractivity contribution < 1.29 is 24.5 Å². The number of aromatic hydroxyl groups is 1. The lowest BCUT2D eigenvalue weighted by molar-refractivity contribution is -0.142. The lowest BCUT2D eigenvalue weighted by Crippen LogP contribution is -2.42. The van der Waals surface area contributed by atoms with Gasteiger partial charge in [0.2, 0.25) is 0 Å². The van der Waals surface area contributed by atoms with Gasteiger partial charge in [-0.05, 0) is 30.7 Å². The van der Waals surface area contributed by atoms with Crippen molar-refractivity contribution in [3.05, 3.63) is 29.3 Å². The fraction of sp³-hybridized carbons (Fsp3) is 0.385. The number of phenols is 1. The van der Waals surface area contributed by atoms with Crippen molar-refractivity contribution in [2.45, 2.75) is 13.0 Å². The Hall–Kier alpha value is -2.08. The molecule has 2 rings (SSSR count). The van der Waals surface area contributed by atoms with Crippen LogP contribution in [0.25, 0.3) is 0 Å². The zero-order chi connectivity index (χ0) is 14.0. The molecule has 6 heteroatoms. The van der Waals surface area contributed by atoms with Crippen LogP contribution in [-0.2, 0) is 9.53 Å². The molecule has 1 aliphatic heterocycles. The average Bonchev–Trinajstić information content (AvgIpc) is 2.80. The summed E-state index contributed by atoms with van der Waals surface area (Å²) in [6, 6.07) is 3.95. The molecule has 0 aromatic heterocycles. The molecule has 6 nitrogen and oxygen atoms in total. The number of benzene rings is 1. The van der Waals surface area contributed by atoms with Gasteiger partial charge in [0.05, 0.1) is 19.3 Å². The minimum absolute atomic E-state index is 0.106. The molecule has 2 atom stereocenters. The zero-order valence-corrected chi connectivity index (χ0v) is 10.4. The molecule has 1 fully saturated rings. The summed E-state index contributed by atoms with van der Waals surface area (Å²) < 4.78 is 5.08. The van der Waals surface area contributed by atoms with Crippen LogP contribution in [0.4, 0.5) is 0 Å². The maximum atomic E-state index is 12.0. The minimum Gasteiger partial charge on any atom is -0.508 e. The van der Waals surface area contributed by atoms with Crippen molar-refractivity contribution in [1.82, 2.24) is 5.32 Å². The second kappa shape index (κ2) is 5.27. The zero-order valence-electron chi connectivity index (χ0n) is 10.4. The van der Waals surface area contributed by atoms with E-state index >= 15 is 0 Å². The summed E-state index contributed by atoms with van der Waals surface area (Å²) in [6.45, 7) is 1.99. The second-order valence-electron chi connectivity index (χ2n) is 4.56. The molecule has 1 amide bonds. The van der Waals surface area contributed by atoms with Gasteiger partial charge in [0, 0.05) is 5.56 Å². The first-order valence-electron chi connectivity index (χ1n) is 5.90. The van der Waals surface area contributed by atoms with E-state index in [1.807, 2.05) is 0 Å². The number of rotatable bonds is 3. The molecule has 0 aliphatic carbocycles. The number of aliphatic carboxylic acids is 1. The van der Waals surface area contributed by atoms with E-state index in [0.717, 1.165) is 0 Å². The third-order valence-electron chi connectivity index (χ3n) is 3.17. The highest BCUT2D eigenvalue weighted by Crippen LogP contribution is 2.18. The SMILES string of the molecule is Cc1cc(C(=O)NC2COCC2C(=O)O)ccc1O. The largest absolute Gasteiger partial charge is 0.508 e. The number of carboxylic acid groups (broad SMARTS) is 1. The number of hydrogen-bond acceptors (Lipinski definition) is 4. The third-order valence-corrected chi connectivity index (χ3v) is 3.17. The maximum absolute atomic E-state index is 12.0. The monoisotopic (exact) mass is 265 g/mol. The van der Waals surface area contributed by atoms with Gasteiger partial charge in [-0.25, -0.2) is 0 Å². The normalized spacial score (nSPS) is 22.2. The third kappa shape index (κ3) is 2.85. The Morgan fingerprint density at radius 2 is 2.11 bits per heavy atom. The molecule has 1 saturated heterocycles. The molecule has 2 unspecified atom stereocenters. The van der Waals surface area contributed by atoms with E-state index in [0.29, 0.717) is 11.1 Å². The molecule has 0 bridgehead atoms. The van der Waals surface area contributed by atoms with Gasteiger partial charge in [-0.2, -0.15) is 0 Å². The summed E-state index contributed by atoms with van der Waals surface area (Å²) in [5.74, 6) is -1.96. The Bertz CT molecular complexity index is 514. The van der Waals surface area contributed by atoms with Gasteiger partial charge in [-0.15, -0.1) is 0 Å². The molecule has 1 aromatic rings. The number of phenolic OH excluding ortho intramolecular Hbond substituents is 1. The van der Waals surface area contributed by atoms with Crippen molar-refractivity contribution in [1.29, 1.82) is 0 Å². The van der Waals surface area contributed by atoms with E-state index in [1.165, 1.54) is 12.1 Å². The van der Waals surface area contributed by atoms with Gasteiger partial charge in [0.15, 0.2) is 0 Å². The number of carboxylic acids is 1. The number of aryl methyl sites for hydroxylation is 1. The lowest BCUT2D eigenvalue weighted by Gasteiger charge is -2.15. The average molecular weight is 265 g/mol. The maximum Gasteiger partial charge on any atom is 0.311 e. The van der Waals surface area contributed by atoms with Crippen LogP contribution in [-0.4, -0.2) is 41.3 Å². The standard InChI is InChI=1S/C13H15NO5/c1-7-4-8(2-3-11(7)15)12(16)14-10-6-19-5-9(10)13(17)18/h2-4,9-10,15H,5-6H2,1H3,(H,14,16)(H,17,18). The fourth-order valence-electron chi connectivity index (χ4n) is 1.99. The van der Waals surface area contributed by atoms with Gasteiger partial charge in [0.1, 0.15) is 11.7 Å². The molecular formula is C13H15NO5. The number of amides is 1. The number of carbonyl (C=O) groups excluding carboxylic acids is 1. The van der Waals surface area contributed by atoms with E-state index < -0.39 is 17.9 Å². The predicted molar refractivity (Wildman–Crippen MR) is 66.0 cm³/mol. The van der Waals surface area contributed by atoms with Crippen molar-refractivity contribution >= 4 is 11.9 Å². The molecule has 1 heterocycles. The van der Waals surface area contributed by atoms with Crippen LogP contribution < -0.4 is 5.32 Å². The highest BCUT2D eigenvalue weighted by Gasteiger charge is 2.35. The minimum atomic E-state index is -0.982. The molecule has 0 saturated carbocycles. The van der Waals surface area contributed by atoms with Gasteiger partial charge in [-0.1, -0.05) is 0 Å².